The number of carbonyl (C=O) groups is 1. The van der Waals surface area contributed by atoms with Gasteiger partial charge in [0.2, 0.25) is 5.78 Å². The van der Waals surface area contributed by atoms with Gasteiger partial charge in [0.15, 0.2) is 0 Å². The van der Waals surface area contributed by atoms with Crippen molar-refractivity contribution in [3.63, 3.8) is 0 Å². The summed E-state index contributed by atoms with van der Waals surface area (Å²) in [4.78, 5) is 18.3. The smallest absolute Gasteiger partial charge is 0.205 e. The standard InChI is InChI=1S/C14H21N3O/c1-11-15-10-13(14(18)8-9-16(2)3)17(11)12-6-4-5-7-12/h8-10,12H,4-7H2,1-3H3/b9-8+. The molecule has 0 N–H and O–H groups in total. The van der Waals surface area contributed by atoms with Gasteiger partial charge in [-0.1, -0.05) is 12.8 Å². The van der Waals surface area contributed by atoms with Gasteiger partial charge < -0.3 is 9.47 Å². The van der Waals surface area contributed by atoms with Crippen molar-refractivity contribution in [1.82, 2.24) is 14.5 Å². The zero-order chi connectivity index (χ0) is 13.1. The fourth-order valence-electron chi connectivity index (χ4n) is 2.56. The van der Waals surface area contributed by atoms with Gasteiger partial charge in [0.05, 0.1) is 6.20 Å². The van der Waals surface area contributed by atoms with Gasteiger partial charge in [-0.2, -0.15) is 0 Å². The number of ketones is 1. The molecule has 0 bridgehead atoms. The predicted molar refractivity (Wildman–Crippen MR) is 71.6 cm³/mol. The summed E-state index contributed by atoms with van der Waals surface area (Å²) in [5.74, 6) is 0.986. The molecule has 98 valence electrons. The highest BCUT2D eigenvalue weighted by Gasteiger charge is 2.23. The van der Waals surface area contributed by atoms with Crippen LogP contribution in [0.2, 0.25) is 0 Å². The van der Waals surface area contributed by atoms with E-state index in [1.54, 1.807) is 18.5 Å². The number of hydrogen-bond acceptors (Lipinski definition) is 3. The van der Waals surface area contributed by atoms with Crippen LogP contribution < -0.4 is 0 Å². The van der Waals surface area contributed by atoms with Crippen LogP contribution in [0.4, 0.5) is 0 Å². The maximum absolute atomic E-state index is 12.2. The van der Waals surface area contributed by atoms with E-state index in [0.29, 0.717) is 6.04 Å². The van der Waals surface area contributed by atoms with Crippen molar-refractivity contribution in [2.24, 2.45) is 0 Å². The number of aryl methyl sites for hydroxylation is 1. The van der Waals surface area contributed by atoms with Crippen LogP contribution in [-0.2, 0) is 0 Å². The Hall–Kier alpha value is -1.58. The third kappa shape index (κ3) is 2.63. The highest BCUT2D eigenvalue weighted by Crippen LogP contribution is 2.31. The molecule has 0 amide bonds. The van der Waals surface area contributed by atoms with Crippen molar-refractivity contribution in [3.8, 4) is 0 Å². The summed E-state index contributed by atoms with van der Waals surface area (Å²) >= 11 is 0. The summed E-state index contributed by atoms with van der Waals surface area (Å²) in [6.07, 6.45) is 9.93. The molecule has 0 unspecified atom stereocenters. The molecule has 1 saturated carbocycles. The van der Waals surface area contributed by atoms with Gasteiger partial charge in [-0.15, -0.1) is 0 Å². The van der Waals surface area contributed by atoms with E-state index >= 15 is 0 Å². The molecule has 4 nitrogen and oxygen atoms in total. The summed E-state index contributed by atoms with van der Waals surface area (Å²) in [7, 11) is 3.81. The molecule has 0 atom stereocenters. The molecule has 0 aliphatic heterocycles. The number of nitrogens with zero attached hydrogens (tertiary/aromatic N) is 3. The van der Waals surface area contributed by atoms with E-state index in [1.165, 1.54) is 12.8 Å². The highest BCUT2D eigenvalue weighted by molar-refractivity contribution is 6.03. The van der Waals surface area contributed by atoms with Crippen LogP contribution in [0.3, 0.4) is 0 Å². The van der Waals surface area contributed by atoms with E-state index in [1.807, 2.05) is 25.9 Å². The zero-order valence-corrected chi connectivity index (χ0v) is 11.4. The minimum Gasteiger partial charge on any atom is -0.383 e. The van der Waals surface area contributed by atoms with Crippen molar-refractivity contribution in [3.05, 3.63) is 30.0 Å². The van der Waals surface area contributed by atoms with Gasteiger partial charge in [0.25, 0.3) is 0 Å². The van der Waals surface area contributed by atoms with E-state index < -0.39 is 0 Å². The lowest BCUT2D eigenvalue weighted by Gasteiger charge is -2.16. The Morgan fingerprint density at radius 3 is 2.72 bits per heavy atom. The number of hydrogen-bond donors (Lipinski definition) is 0. The van der Waals surface area contributed by atoms with Crippen molar-refractivity contribution in [2.45, 2.75) is 38.6 Å². The normalized spacial score (nSPS) is 16.6. The van der Waals surface area contributed by atoms with Crippen molar-refractivity contribution >= 4 is 5.78 Å². The van der Waals surface area contributed by atoms with Gasteiger partial charge in [-0.3, -0.25) is 4.79 Å². The second-order valence-corrected chi connectivity index (χ2v) is 5.14. The largest absolute Gasteiger partial charge is 0.383 e. The molecule has 0 radical (unpaired) electrons. The van der Waals surface area contributed by atoms with Gasteiger partial charge in [0, 0.05) is 32.4 Å². The van der Waals surface area contributed by atoms with E-state index in [9.17, 15) is 4.79 Å². The predicted octanol–water partition coefficient (Wildman–Crippen LogP) is 2.56. The van der Waals surface area contributed by atoms with Gasteiger partial charge in [-0.05, 0) is 19.8 Å². The zero-order valence-electron chi connectivity index (χ0n) is 11.4. The Labute approximate surface area is 108 Å². The minimum absolute atomic E-state index is 0.0381. The molecule has 1 aromatic heterocycles. The molecule has 1 aliphatic rings. The second kappa shape index (κ2) is 5.38. The molecule has 4 heteroatoms. The quantitative estimate of drug-likeness (QED) is 0.606. The minimum atomic E-state index is 0.0381. The maximum atomic E-state index is 12.2. The van der Waals surface area contributed by atoms with Gasteiger partial charge >= 0.3 is 0 Å². The van der Waals surface area contributed by atoms with E-state index in [0.717, 1.165) is 24.4 Å². The molecule has 18 heavy (non-hydrogen) atoms. The number of carbonyl (C=O) groups excluding carboxylic acids is 1. The molecular formula is C14H21N3O. The Morgan fingerprint density at radius 1 is 1.44 bits per heavy atom. The molecule has 0 aromatic carbocycles. The third-order valence-electron chi connectivity index (χ3n) is 3.45. The van der Waals surface area contributed by atoms with Crippen LogP contribution >= 0.6 is 0 Å². The average Bonchev–Trinajstić information content (AvgIpc) is 2.94. The van der Waals surface area contributed by atoms with Crippen LogP contribution in [0, 0.1) is 6.92 Å². The van der Waals surface area contributed by atoms with Crippen LogP contribution in [-0.4, -0.2) is 34.3 Å². The van der Waals surface area contributed by atoms with Gasteiger partial charge in [-0.25, -0.2) is 4.98 Å². The summed E-state index contributed by atoms with van der Waals surface area (Å²) in [6, 6.07) is 0.458. The molecule has 1 aromatic rings. The first-order chi connectivity index (χ1) is 8.59. The Balaban J connectivity index is 2.25. The lowest BCUT2D eigenvalue weighted by molar-refractivity contribution is 0.103. The molecular weight excluding hydrogens is 226 g/mol. The number of imidazole rings is 1. The third-order valence-corrected chi connectivity index (χ3v) is 3.45. The van der Waals surface area contributed by atoms with Crippen molar-refractivity contribution in [2.75, 3.05) is 14.1 Å². The summed E-state index contributed by atoms with van der Waals surface area (Å²) in [5.41, 5.74) is 0.720. The lowest BCUT2D eigenvalue weighted by Crippen LogP contribution is -2.14. The average molecular weight is 247 g/mol. The van der Waals surface area contributed by atoms with Crippen LogP contribution in [0.15, 0.2) is 18.5 Å². The van der Waals surface area contributed by atoms with Crippen LogP contribution in [0.5, 0.6) is 0 Å². The summed E-state index contributed by atoms with van der Waals surface area (Å²) in [6.45, 7) is 1.98. The molecule has 0 saturated heterocycles. The molecule has 1 fully saturated rings. The second-order valence-electron chi connectivity index (χ2n) is 5.14. The summed E-state index contributed by atoms with van der Waals surface area (Å²) in [5, 5.41) is 0. The highest BCUT2D eigenvalue weighted by atomic mass is 16.1. The molecule has 0 spiro atoms. The number of allylic oxidation sites excluding steroid dienone is 1. The topological polar surface area (TPSA) is 38.1 Å². The van der Waals surface area contributed by atoms with E-state index in [4.69, 9.17) is 0 Å². The van der Waals surface area contributed by atoms with Crippen molar-refractivity contribution in [1.29, 1.82) is 0 Å². The molecule has 1 aliphatic carbocycles. The fourth-order valence-corrected chi connectivity index (χ4v) is 2.56. The summed E-state index contributed by atoms with van der Waals surface area (Å²) < 4.78 is 2.12. The molecule has 1 heterocycles. The number of rotatable bonds is 4. The Morgan fingerprint density at radius 2 is 2.11 bits per heavy atom. The SMILES string of the molecule is Cc1ncc(C(=O)/C=C/N(C)C)n1C1CCCC1. The lowest BCUT2D eigenvalue weighted by atomic mass is 10.2. The van der Waals surface area contributed by atoms with Crippen molar-refractivity contribution < 1.29 is 4.79 Å². The fraction of sp³-hybridized carbons (Fsp3) is 0.571. The van der Waals surface area contributed by atoms with Crippen LogP contribution in [0.1, 0.15) is 48.0 Å². The van der Waals surface area contributed by atoms with E-state index in [2.05, 4.69) is 9.55 Å². The number of aromatic nitrogens is 2. The van der Waals surface area contributed by atoms with Crippen LogP contribution in [0.25, 0.3) is 0 Å². The first-order valence-electron chi connectivity index (χ1n) is 6.52. The maximum Gasteiger partial charge on any atom is 0.205 e. The van der Waals surface area contributed by atoms with E-state index in [-0.39, 0.29) is 5.78 Å². The van der Waals surface area contributed by atoms with Gasteiger partial charge in [0.1, 0.15) is 11.5 Å². The Bertz CT molecular complexity index is 454. The first-order valence-corrected chi connectivity index (χ1v) is 6.52. The Kier molecular flexibility index (Phi) is 3.84. The molecule has 2 rings (SSSR count). The first kappa shape index (κ1) is 12.9. The monoisotopic (exact) mass is 247 g/mol.